The van der Waals surface area contributed by atoms with Gasteiger partial charge in [-0.3, -0.25) is 4.98 Å². The van der Waals surface area contributed by atoms with E-state index in [1.165, 1.54) is 0 Å². The topological polar surface area (TPSA) is 81.1 Å². The van der Waals surface area contributed by atoms with Crippen molar-refractivity contribution < 1.29 is 9.53 Å². The average Bonchev–Trinajstić information content (AvgIpc) is 3.05. The number of piperidine rings is 1. The number of hydrogen-bond donors (Lipinski definition) is 2. The van der Waals surface area contributed by atoms with Gasteiger partial charge in [-0.25, -0.2) is 9.78 Å². The van der Waals surface area contributed by atoms with E-state index in [1.54, 1.807) is 19.1 Å². The normalized spacial score (nSPS) is 14.8. The number of nitrogens with zero attached hydrogens (tertiary/aromatic N) is 3. The number of imidazole rings is 1. The van der Waals surface area contributed by atoms with Crippen molar-refractivity contribution in [3.8, 4) is 0 Å². The Bertz CT molecular complexity index is 1010. The molecule has 0 radical (unpaired) electrons. The number of aryl methyl sites for hydroxylation is 1. The number of anilines is 1. The third-order valence-corrected chi connectivity index (χ3v) is 5.20. The molecule has 29 heavy (non-hydrogen) atoms. The summed E-state index contributed by atoms with van der Waals surface area (Å²) in [5, 5.41) is 7.01. The standard InChI is InChI=1S/C22H27N5O2/c1-3-29-21(28)16-7-8-20-19(13-16)26-22(25-17-9-11-23-12-10-17)27(20)14-18-6-4-5-15(2)24-18/h4-8,13,17,23H,3,9-12,14H2,1-2H3,(H,25,26). The van der Waals surface area contributed by atoms with E-state index in [4.69, 9.17) is 9.72 Å². The molecule has 0 saturated carbocycles. The number of hydrogen-bond acceptors (Lipinski definition) is 6. The van der Waals surface area contributed by atoms with Crippen molar-refractivity contribution in [1.82, 2.24) is 19.9 Å². The Balaban J connectivity index is 1.72. The van der Waals surface area contributed by atoms with Crippen LogP contribution in [0.15, 0.2) is 36.4 Å². The first-order valence-corrected chi connectivity index (χ1v) is 10.2. The SMILES string of the molecule is CCOC(=O)c1ccc2c(c1)nc(NC1CCNCC1)n2Cc1cccc(C)n1. The summed E-state index contributed by atoms with van der Waals surface area (Å²) in [7, 11) is 0. The summed E-state index contributed by atoms with van der Waals surface area (Å²) in [6.07, 6.45) is 2.11. The van der Waals surface area contributed by atoms with E-state index in [0.717, 1.165) is 54.3 Å². The zero-order valence-electron chi connectivity index (χ0n) is 16.9. The number of carbonyl (C=O) groups excluding carboxylic acids is 1. The Hall–Kier alpha value is -2.93. The van der Waals surface area contributed by atoms with E-state index in [-0.39, 0.29) is 5.97 Å². The summed E-state index contributed by atoms with van der Waals surface area (Å²) in [6.45, 7) is 6.78. The lowest BCUT2D eigenvalue weighted by Crippen LogP contribution is -2.36. The first kappa shape index (κ1) is 19.4. The van der Waals surface area contributed by atoms with Crippen LogP contribution in [0.5, 0.6) is 0 Å². The van der Waals surface area contributed by atoms with Crippen molar-refractivity contribution in [1.29, 1.82) is 0 Å². The second-order valence-corrected chi connectivity index (χ2v) is 7.38. The smallest absolute Gasteiger partial charge is 0.338 e. The molecule has 0 unspecified atom stereocenters. The zero-order chi connectivity index (χ0) is 20.2. The first-order chi connectivity index (χ1) is 14.1. The maximum atomic E-state index is 12.1. The lowest BCUT2D eigenvalue weighted by molar-refractivity contribution is 0.0526. The van der Waals surface area contributed by atoms with Gasteiger partial charge in [-0.2, -0.15) is 0 Å². The Morgan fingerprint density at radius 3 is 2.83 bits per heavy atom. The molecule has 3 aromatic rings. The van der Waals surface area contributed by atoms with Crippen LogP contribution in [-0.2, 0) is 11.3 Å². The van der Waals surface area contributed by atoms with Gasteiger partial charge in [0.25, 0.3) is 0 Å². The summed E-state index contributed by atoms with van der Waals surface area (Å²) in [4.78, 5) is 21.6. The minimum atomic E-state index is -0.322. The summed E-state index contributed by atoms with van der Waals surface area (Å²) in [6, 6.07) is 12.0. The van der Waals surface area contributed by atoms with E-state index in [0.29, 0.717) is 24.8 Å². The molecule has 2 N–H and O–H groups in total. The molecule has 1 aliphatic heterocycles. The molecule has 0 amide bonds. The average molecular weight is 393 g/mol. The summed E-state index contributed by atoms with van der Waals surface area (Å²) in [5.41, 5.74) is 4.24. The quantitative estimate of drug-likeness (QED) is 0.626. The van der Waals surface area contributed by atoms with Crippen molar-refractivity contribution >= 4 is 23.0 Å². The van der Waals surface area contributed by atoms with Crippen LogP contribution in [0.4, 0.5) is 5.95 Å². The van der Waals surface area contributed by atoms with E-state index < -0.39 is 0 Å². The van der Waals surface area contributed by atoms with Crippen LogP contribution in [0.2, 0.25) is 0 Å². The van der Waals surface area contributed by atoms with Gasteiger partial charge in [-0.1, -0.05) is 6.07 Å². The predicted octanol–water partition coefficient (Wildman–Crippen LogP) is 3.13. The largest absolute Gasteiger partial charge is 0.462 e. The number of aromatic nitrogens is 3. The van der Waals surface area contributed by atoms with Crippen molar-refractivity contribution in [2.45, 2.75) is 39.3 Å². The monoisotopic (exact) mass is 393 g/mol. The number of ether oxygens (including phenoxy) is 1. The molecular formula is C22H27N5O2. The molecule has 3 heterocycles. The molecule has 7 nitrogen and oxygen atoms in total. The molecule has 0 spiro atoms. The lowest BCUT2D eigenvalue weighted by Gasteiger charge is -2.24. The third kappa shape index (κ3) is 4.40. The van der Waals surface area contributed by atoms with Crippen molar-refractivity contribution in [2.24, 2.45) is 0 Å². The highest BCUT2D eigenvalue weighted by Gasteiger charge is 2.19. The van der Waals surface area contributed by atoms with Gasteiger partial charge in [0.2, 0.25) is 5.95 Å². The second kappa shape index (κ2) is 8.61. The number of benzene rings is 1. The van der Waals surface area contributed by atoms with Crippen LogP contribution < -0.4 is 10.6 Å². The zero-order valence-corrected chi connectivity index (χ0v) is 16.9. The van der Waals surface area contributed by atoms with Crippen LogP contribution >= 0.6 is 0 Å². The van der Waals surface area contributed by atoms with Crippen LogP contribution in [0, 0.1) is 6.92 Å². The highest BCUT2D eigenvalue weighted by Crippen LogP contribution is 2.24. The van der Waals surface area contributed by atoms with Gasteiger partial charge in [0.1, 0.15) is 0 Å². The fourth-order valence-corrected chi connectivity index (χ4v) is 3.74. The van der Waals surface area contributed by atoms with Crippen LogP contribution in [0.3, 0.4) is 0 Å². The molecule has 152 valence electrons. The molecule has 2 aromatic heterocycles. The molecule has 4 rings (SSSR count). The molecule has 1 saturated heterocycles. The Kier molecular flexibility index (Phi) is 5.76. The number of esters is 1. The van der Waals surface area contributed by atoms with Crippen LogP contribution in [0.1, 0.15) is 41.5 Å². The second-order valence-electron chi connectivity index (χ2n) is 7.38. The number of nitrogens with one attached hydrogen (secondary N) is 2. The summed E-state index contributed by atoms with van der Waals surface area (Å²) in [5.74, 6) is 0.494. The minimum Gasteiger partial charge on any atom is -0.462 e. The molecule has 7 heteroatoms. The maximum absolute atomic E-state index is 12.1. The van der Waals surface area contributed by atoms with Crippen molar-refractivity contribution in [3.63, 3.8) is 0 Å². The van der Waals surface area contributed by atoms with E-state index in [9.17, 15) is 4.79 Å². The number of fused-ring (bicyclic) bond motifs is 1. The van der Waals surface area contributed by atoms with E-state index in [1.807, 2.05) is 31.2 Å². The summed E-state index contributed by atoms with van der Waals surface area (Å²) < 4.78 is 7.29. The predicted molar refractivity (Wildman–Crippen MR) is 113 cm³/mol. The van der Waals surface area contributed by atoms with Gasteiger partial charge < -0.3 is 19.9 Å². The Labute approximate surface area is 170 Å². The van der Waals surface area contributed by atoms with Crippen LogP contribution in [0.25, 0.3) is 11.0 Å². The summed E-state index contributed by atoms with van der Waals surface area (Å²) >= 11 is 0. The van der Waals surface area contributed by atoms with Gasteiger partial charge in [-0.15, -0.1) is 0 Å². The van der Waals surface area contributed by atoms with Crippen molar-refractivity contribution in [3.05, 3.63) is 53.3 Å². The maximum Gasteiger partial charge on any atom is 0.338 e. The highest BCUT2D eigenvalue weighted by atomic mass is 16.5. The third-order valence-electron chi connectivity index (χ3n) is 5.20. The van der Waals surface area contributed by atoms with E-state index >= 15 is 0 Å². The highest BCUT2D eigenvalue weighted by molar-refractivity contribution is 5.94. The minimum absolute atomic E-state index is 0.322. The Morgan fingerprint density at radius 2 is 2.07 bits per heavy atom. The Morgan fingerprint density at radius 1 is 1.24 bits per heavy atom. The molecule has 0 aliphatic carbocycles. The number of pyridine rings is 1. The molecule has 1 aliphatic rings. The molecule has 0 bridgehead atoms. The first-order valence-electron chi connectivity index (χ1n) is 10.2. The number of carbonyl (C=O) groups is 1. The number of rotatable bonds is 6. The lowest BCUT2D eigenvalue weighted by atomic mass is 10.1. The molecule has 1 aromatic carbocycles. The van der Waals surface area contributed by atoms with Crippen LogP contribution in [-0.4, -0.2) is 46.2 Å². The fourth-order valence-electron chi connectivity index (χ4n) is 3.74. The molecular weight excluding hydrogens is 366 g/mol. The van der Waals surface area contributed by atoms with Crippen molar-refractivity contribution in [2.75, 3.05) is 25.0 Å². The van der Waals surface area contributed by atoms with Gasteiger partial charge >= 0.3 is 5.97 Å². The van der Waals surface area contributed by atoms with E-state index in [2.05, 4.69) is 20.2 Å². The van der Waals surface area contributed by atoms with Gasteiger partial charge in [0.05, 0.1) is 35.4 Å². The molecule has 0 atom stereocenters. The van der Waals surface area contributed by atoms with Gasteiger partial charge in [0, 0.05) is 11.7 Å². The van der Waals surface area contributed by atoms with Gasteiger partial charge in [0.15, 0.2) is 0 Å². The fraction of sp³-hybridized carbons (Fsp3) is 0.409. The molecule has 1 fully saturated rings. The van der Waals surface area contributed by atoms with Gasteiger partial charge in [-0.05, 0) is 70.1 Å².